The Hall–Kier alpha value is -2.24. The molecule has 3 rings (SSSR count). The summed E-state index contributed by atoms with van der Waals surface area (Å²) < 4.78 is 54.0. The van der Waals surface area contributed by atoms with Crippen molar-refractivity contribution < 1.29 is 26.2 Å². The first-order valence-corrected chi connectivity index (χ1v) is 12.7. The van der Waals surface area contributed by atoms with Crippen LogP contribution in [0.5, 0.6) is 0 Å². The maximum Gasteiger partial charge on any atom is 0.276 e. The van der Waals surface area contributed by atoms with Gasteiger partial charge in [0, 0.05) is 44.1 Å². The van der Waals surface area contributed by atoms with Crippen LogP contribution in [0.15, 0.2) is 39.8 Å². The van der Waals surface area contributed by atoms with Gasteiger partial charge in [-0.05, 0) is 30.7 Å². The molecule has 0 bridgehead atoms. The van der Waals surface area contributed by atoms with Gasteiger partial charge in [-0.2, -0.15) is 4.31 Å². The summed E-state index contributed by atoms with van der Waals surface area (Å²) in [4.78, 5) is 14.4. The molecular formula is C18H23N3O6S2. The van der Waals surface area contributed by atoms with E-state index >= 15 is 0 Å². The Bertz CT molecular complexity index is 1080. The van der Waals surface area contributed by atoms with Crippen molar-refractivity contribution in [2.75, 3.05) is 38.2 Å². The molecule has 1 aromatic heterocycles. The predicted molar refractivity (Wildman–Crippen MR) is 107 cm³/mol. The summed E-state index contributed by atoms with van der Waals surface area (Å²) >= 11 is 0. The lowest BCUT2D eigenvalue weighted by atomic mass is 10.1. The minimum absolute atomic E-state index is 0.103. The van der Waals surface area contributed by atoms with Gasteiger partial charge < -0.3 is 9.42 Å². The van der Waals surface area contributed by atoms with Crippen LogP contribution >= 0.6 is 0 Å². The van der Waals surface area contributed by atoms with Gasteiger partial charge in [0.1, 0.15) is 0 Å². The lowest BCUT2D eigenvalue weighted by Gasteiger charge is -2.33. The lowest BCUT2D eigenvalue weighted by molar-refractivity contribution is 0.0687. The second kappa shape index (κ2) is 8.25. The third kappa shape index (κ3) is 4.85. The van der Waals surface area contributed by atoms with Crippen LogP contribution in [0.4, 0.5) is 0 Å². The molecule has 9 nitrogen and oxygen atoms in total. The van der Waals surface area contributed by atoms with Gasteiger partial charge in [-0.1, -0.05) is 12.1 Å². The van der Waals surface area contributed by atoms with E-state index in [0.717, 1.165) is 6.26 Å². The summed E-state index contributed by atoms with van der Waals surface area (Å²) in [6, 6.07) is 7.60. The molecule has 0 aliphatic carbocycles. The van der Waals surface area contributed by atoms with Gasteiger partial charge in [-0.15, -0.1) is 0 Å². The molecule has 0 saturated carbocycles. The van der Waals surface area contributed by atoms with Crippen LogP contribution < -0.4 is 0 Å². The maximum atomic E-state index is 12.7. The third-order valence-corrected chi connectivity index (χ3v) is 7.88. The molecule has 158 valence electrons. The number of sulfone groups is 1. The van der Waals surface area contributed by atoms with Gasteiger partial charge in [-0.3, -0.25) is 4.79 Å². The second-order valence-corrected chi connectivity index (χ2v) is 11.0. The van der Waals surface area contributed by atoms with Crippen LogP contribution in [-0.2, 0) is 19.9 Å². The first-order valence-electron chi connectivity index (χ1n) is 9.16. The minimum atomic E-state index is -3.30. The van der Waals surface area contributed by atoms with Crippen molar-refractivity contribution in [3.05, 3.63) is 36.0 Å². The van der Waals surface area contributed by atoms with E-state index < -0.39 is 19.9 Å². The average Bonchev–Trinajstić information content (AvgIpc) is 3.17. The molecule has 11 heteroatoms. The quantitative estimate of drug-likeness (QED) is 0.662. The molecule has 1 saturated heterocycles. The summed E-state index contributed by atoms with van der Waals surface area (Å²) in [6.45, 7) is 2.89. The first kappa shape index (κ1) is 21.5. The van der Waals surface area contributed by atoms with E-state index in [1.165, 1.54) is 22.5 Å². The zero-order chi connectivity index (χ0) is 21.2. The van der Waals surface area contributed by atoms with E-state index in [1.807, 2.05) is 6.92 Å². The highest BCUT2D eigenvalue weighted by atomic mass is 32.2. The molecule has 1 amide bonds. The molecule has 2 aromatic rings. The summed E-state index contributed by atoms with van der Waals surface area (Å²) in [5.41, 5.74) is 0.719. The number of rotatable bonds is 6. The predicted octanol–water partition coefficient (Wildman–Crippen LogP) is 1.24. The summed E-state index contributed by atoms with van der Waals surface area (Å²) in [5, 5.41) is 3.82. The Kier molecular flexibility index (Phi) is 6.11. The number of aromatic nitrogens is 1. The Morgan fingerprint density at radius 3 is 2.24 bits per heavy atom. The van der Waals surface area contributed by atoms with Crippen LogP contribution in [0.25, 0.3) is 11.3 Å². The van der Waals surface area contributed by atoms with Crippen LogP contribution in [0.3, 0.4) is 0 Å². The molecule has 2 heterocycles. The number of piperazine rings is 1. The number of hydrogen-bond donors (Lipinski definition) is 0. The summed E-state index contributed by atoms with van der Waals surface area (Å²) in [5.74, 6) is 0.115. The lowest BCUT2D eigenvalue weighted by Crippen LogP contribution is -2.51. The topological polar surface area (TPSA) is 118 Å². The maximum absolute atomic E-state index is 12.7. The van der Waals surface area contributed by atoms with Crippen molar-refractivity contribution in [3.8, 4) is 11.3 Å². The summed E-state index contributed by atoms with van der Waals surface area (Å²) in [7, 11) is -6.57. The van der Waals surface area contributed by atoms with E-state index in [9.17, 15) is 21.6 Å². The van der Waals surface area contributed by atoms with Crippen molar-refractivity contribution in [1.29, 1.82) is 0 Å². The fraction of sp³-hybridized carbons (Fsp3) is 0.444. The number of carbonyl (C=O) groups excluding carboxylic acids is 1. The van der Waals surface area contributed by atoms with Crippen molar-refractivity contribution in [2.24, 2.45) is 0 Å². The van der Waals surface area contributed by atoms with E-state index in [1.54, 1.807) is 17.0 Å². The molecule has 0 spiro atoms. The van der Waals surface area contributed by atoms with Crippen LogP contribution in [0, 0.1) is 0 Å². The molecular weight excluding hydrogens is 418 g/mol. The van der Waals surface area contributed by atoms with Crippen molar-refractivity contribution in [3.63, 3.8) is 0 Å². The van der Waals surface area contributed by atoms with Crippen molar-refractivity contribution in [2.45, 2.75) is 18.2 Å². The van der Waals surface area contributed by atoms with Gasteiger partial charge in [-0.25, -0.2) is 16.8 Å². The second-order valence-electron chi connectivity index (χ2n) is 6.88. The molecule has 1 aliphatic rings. The number of sulfonamides is 1. The number of amides is 1. The number of hydrogen-bond acceptors (Lipinski definition) is 7. The van der Waals surface area contributed by atoms with Gasteiger partial charge in [0.05, 0.1) is 10.6 Å². The number of nitrogens with zero attached hydrogens (tertiary/aromatic N) is 3. The molecule has 1 aliphatic heterocycles. The van der Waals surface area contributed by atoms with E-state index in [4.69, 9.17) is 4.52 Å². The zero-order valence-corrected chi connectivity index (χ0v) is 17.9. The molecule has 0 radical (unpaired) electrons. The Morgan fingerprint density at radius 1 is 1.07 bits per heavy atom. The highest BCUT2D eigenvalue weighted by Crippen LogP contribution is 2.23. The molecule has 29 heavy (non-hydrogen) atoms. The monoisotopic (exact) mass is 441 g/mol. The van der Waals surface area contributed by atoms with Crippen molar-refractivity contribution >= 4 is 25.8 Å². The number of benzene rings is 1. The molecule has 0 atom stereocenters. The Balaban J connectivity index is 1.67. The molecule has 1 aromatic carbocycles. The largest absolute Gasteiger partial charge is 0.355 e. The highest BCUT2D eigenvalue weighted by Gasteiger charge is 2.29. The average molecular weight is 442 g/mol. The van der Waals surface area contributed by atoms with Gasteiger partial charge in [0.2, 0.25) is 10.0 Å². The van der Waals surface area contributed by atoms with E-state index in [2.05, 4.69) is 5.16 Å². The Labute approximate surface area is 170 Å². The van der Waals surface area contributed by atoms with Crippen LogP contribution in [-0.4, -0.2) is 75.3 Å². The fourth-order valence-electron chi connectivity index (χ4n) is 3.10. The van der Waals surface area contributed by atoms with Gasteiger partial charge >= 0.3 is 0 Å². The highest BCUT2D eigenvalue weighted by molar-refractivity contribution is 7.90. The Morgan fingerprint density at radius 2 is 1.69 bits per heavy atom. The zero-order valence-electron chi connectivity index (χ0n) is 16.2. The van der Waals surface area contributed by atoms with Gasteiger partial charge in [0.25, 0.3) is 5.91 Å². The smallest absolute Gasteiger partial charge is 0.276 e. The molecule has 0 N–H and O–H groups in total. The molecule has 1 fully saturated rings. The normalized spacial score (nSPS) is 16.1. The van der Waals surface area contributed by atoms with E-state index in [0.29, 0.717) is 17.7 Å². The molecule has 0 unspecified atom stereocenters. The van der Waals surface area contributed by atoms with Crippen molar-refractivity contribution in [1.82, 2.24) is 14.4 Å². The minimum Gasteiger partial charge on any atom is -0.355 e. The van der Waals surface area contributed by atoms with Gasteiger partial charge in [0.15, 0.2) is 21.3 Å². The fourth-order valence-corrected chi connectivity index (χ4v) is 5.22. The SMILES string of the molecule is CCCS(=O)(=O)N1CCN(C(=O)c2cc(-c3ccc(S(C)(=O)=O)cc3)on2)CC1. The number of carbonyl (C=O) groups is 1. The summed E-state index contributed by atoms with van der Waals surface area (Å²) in [6.07, 6.45) is 1.68. The third-order valence-electron chi connectivity index (χ3n) is 4.68. The van der Waals surface area contributed by atoms with Crippen LogP contribution in [0.2, 0.25) is 0 Å². The van der Waals surface area contributed by atoms with E-state index in [-0.39, 0.29) is 48.4 Å². The first-order chi connectivity index (χ1) is 13.6. The standard InChI is InChI=1S/C18H23N3O6S2/c1-3-12-29(25,26)21-10-8-20(9-11-21)18(22)16-13-17(27-19-16)14-4-6-15(7-5-14)28(2,23)24/h4-7,13H,3,8-12H2,1-2H3. The van der Waals surface area contributed by atoms with Crippen LogP contribution in [0.1, 0.15) is 23.8 Å².